The van der Waals surface area contributed by atoms with Crippen LogP contribution in [0.15, 0.2) is 71.6 Å². The molecule has 33 heavy (non-hydrogen) atoms. The average molecular weight is 466 g/mol. The minimum absolute atomic E-state index is 0.137. The van der Waals surface area contributed by atoms with Crippen LogP contribution in [-0.4, -0.2) is 49.2 Å². The van der Waals surface area contributed by atoms with Crippen molar-refractivity contribution in [3.63, 3.8) is 0 Å². The van der Waals surface area contributed by atoms with Crippen LogP contribution in [0.1, 0.15) is 18.6 Å². The molecule has 8 heteroatoms. The Bertz CT molecular complexity index is 1250. The van der Waals surface area contributed by atoms with E-state index in [0.29, 0.717) is 11.3 Å². The van der Waals surface area contributed by atoms with E-state index >= 15 is 0 Å². The molecule has 170 valence electrons. The zero-order chi connectivity index (χ0) is 23.8. The molecule has 2 aromatic carbocycles. The van der Waals surface area contributed by atoms with Crippen LogP contribution in [0.5, 0.6) is 0 Å². The Balaban J connectivity index is 1.76. The van der Waals surface area contributed by atoms with E-state index in [2.05, 4.69) is 23.7 Å². The lowest BCUT2D eigenvalue weighted by atomic mass is 9.91. The lowest BCUT2D eigenvalue weighted by Crippen LogP contribution is -2.52. The number of amides is 1. The number of carbonyl (C=O) groups excluding carboxylic acids is 1. The number of aliphatic hydroxyl groups excluding tert-OH is 2. The fourth-order valence-corrected chi connectivity index (χ4v) is 4.31. The van der Waals surface area contributed by atoms with Crippen LogP contribution in [0.4, 0.5) is 10.5 Å². The Labute approximate surface area is 193 Å². The summed E-state index contributed by atoms with van der Waals surface area (Å²) in [6.07, 6.45) is -0.511. The summed E-state index contributed by atoms with van der Waals surface area (Å²) in [6.45, 7) is 1.80. The number of anilines is 1. The number of sulfone groups is 1. The van der Waals surface area contributed by atoms with E-state index in [9.17, 15) is 23.4 Å². The van der Waals surface area contributed by atoms with Crippen molar-refractivity contribution in [1.29, 1.82) is 0 Å². The van der Waals surface area contributed by atoms with Crippen LogP contribution in [0.25, 0.3) is 0 Å². The maximum atomic E-state index is 12.6. The number of aliphatic hydroxyl groups is 2. The van der Waals surface area contributed by atoms with Gasteiger partial charge in [-0.05, 0) is 37.3 Å². The first kappa shape index (κ1) is 24.1. The number of allylic oxidation sites excluding steroid dienone is 2. The Morgan fingerprint density at radius 2 is 1.73 bits per heavy atom. The number of fused-ring (bicyclic) bond motifs is 1. The molecule has 0 aromatic heterocycles. The molecular formula is C25H23NO6S. The van der Waals surface area contributed by atoms with Gasteiger partial charge in [0.2, 0.25) is 0 Å². The fraction of sp³-hybridized carbons (Fsp3) is 0.240. The molecule has 0 saturated heterocycles. The number of benzene rings is 2. The first-order valence-electron chi connectivity index (χ1n) is 10.2. The summed E-state index contributed by atoms with van der Waals surface area (Å²) in [5.74, 6) is 10.3. The van der Waals surface area contributed by atoms with Crippen LogP contribution >= 0.6 is 0 Å². The summed E-state index contributed by atoms with van der Waals surface area (Å²) in [7, 11) is -3.50. The molecule has 3 rings (SSSR count). The van der Waals surface area contributed by atoms with Crippen molar-refractivity contribution < 1.29 is 28.2 Å². The molecule has 0 spiro atoms. The maximum absolute atomic E-state index is 12.6. The summed E-state index contributed by atoms with van der Waals surface area (Å²) in [4.78, 5) is 14.0. The monoisotopic (exact) mass is 465 g/mol. The van der Waals surface area contributed by atoms with Crippen molar-refractivity contribution in [3.8, 4) is 23.7 Å². The summed E-state index contributed by atoms with van der Waals surface area (Å²) >= 11 is 0. The van der Waals surface area contributed by atoms with E-state index < -0.39 is 34.2 Å². The van der Waals surface area contributed by atoms with Gasteiger partial charge in [-0.1, -0.05) is 60.1 Å². The van der Waals surface area contributed by atoms with Crippen LogP contribution in [0, 0.1) is 23.7 Å². The largest absolute Gasteiger partial charge is 0.449 e. The van der Waals surface area contributed by atoms with Gasteiger partial charge in [0.15, 0.2) is 9.84 Å². The van der Waals surface area contributed by atoms with E-state index in [1.54, 1.807) is 49.4 Å². The summed E-state index contributed by atoms with van der Waals surface area (Å²) in [5, 5.41) is 21.1. The minimum Gasteiger partial charge on any atom is -0.449 e. The Kier molecular flexibility index (Phi) is 7.92. The predicted molar refractivity (Wildman–Crippen MR) is 124 cm³/mol. The maximum Gasteiger partial charge on any atom is 0.415 e. The van der Waals surface area contributed by atoms with Gasteiger partial charge in [0, 0.05) is 5.56 Å². The van der Waals surface area contributed by atoms with Gasteiger partial charge >= 0.3 is 6.09 Å². The Hall–Kier alpha value is -3.56. The molecule has 0 aliphatic carbocycles. The molecule has 2 N–H and O–H groups in total. The van der Waals surface area contributed by atoms with E-state index in [0.717, 1.165) is 0 Å². The van der Waals surface area contributed by atoms with Crippen LogP contribution < -0.4 is 4.90 Å². The standard InChI is InChI=1S/C25H23NO6S/c1-2-32-25(29)26-21-16-11-10-15-20(21)23(27)24(28)22(26)17-9-4-3-5-12-18-33(30,31)19-13-7-6-8-14-19/h3-4,6-8,10-11,13-16,22-24,27-28H,2,18H2,1H3/b4-3-/t22?,23-,24-/m1/s1. The number of hydrogen-bond acceptors (Lipinski definition) is 6. The second-order valence-corrected chi connectivity index (χ2v) is 9.01. The van der Waals surface area contributed by atoms with Gasteiger partial charge in [0.1, 0.15) is 24.0 Å². The normalized spacial score (nSPS) is 19.6. The number of carbonyl (C=O) groups is 1. The molecule has 0 fully saturated rings. The molecule has 1 amide bonds. The van der Waals surface area contributed by atoms with E-state index in [1.165, 1.54) is 29.2 Å². The zero-order valence-electron chi connectivity index (χ0n) is 17.9. The Morgan fingerprint density at radius 3 is 2.45 bits per heavy atom. The highest BCUT2D eigenvalue weighted by molar-refractivity contribution is 7.91. The second kappa shape index (κ2) is 10.8. The molecule has 1 aliphatic heterocycles. The van der Waals surface area contributed by atoms with Gasteiger partial charge in [-0.25, -0.2) is 13.2 Å². The van der Waals surface area contributed by atoms with Gasteiger partial charge in [-0.2, -0.15) is 0 Å². The highest BCUT2D eigenvalue weighted by Crippen LogP contribution is 2.37. The third kappa shape index (κ3) is 5.63. The van der Waals surface area contributed by atoms with Crippen molar-refractivity contribution in [2.24, 2.45) is 0 Å². The molecule has 0 radical (unpaired) electrons. The number of nitrogens with zero attached hydrogens (tertiary/aromatic N) is 1. The summed E-state index contributed by atoms with van der Waals surface area (Å²) in [6, 6.07) is 13.7. The molecule has 1 heterocycles. The van der Waals surface area contributed by atoms with Crippen molar-refractivity contribution >= 4 is 21.6 Å². The van der Waals surface area contributed by atoms with Crippen molar-refractivity contribution in [1.82, 2.24) is 0 Å². The van der Waals surface area contributed by atoms with E-state index in [1.807, 2.05) is 0 Å². The molecule has 0 bridgehead atoms. The highest BCUT2D eigenvalue weighted by atomic mass is 32.2. The van der Waals surface area contributed by atoms with Crippen LogP contribution in [0.3, 0.4) is 0 Å². The van der Waals surface area contributed by atoms with Crippen LogP contribution in [-0.2, 0) is 14.6 Å². The zero-order valence-corrected chi connectivity index (χ0v) is 18.7. The summed E-state index contributed by atoms with van der Waals surface area (Å²) in [5.41, 5.74) is 0.806. The number of ether oxygens (including phenoxy) is 1. The molecule has 1 aliphatic rings. The Morgan fingerprint density at radius 1 is 1.06 bits per heavy atom. The molecule has 3 atom stereocenters. The average Bonchev–Trinajstić information content (AvgIpc) is 2.82. The second-order valence-electron chi connectivity index (χ2n) is 7.02. The third-order valence-corrected chi connectivity index (χ3v) is 6.37. The van der Waals surface area contributed by atoms with Gasteiger partial charge in [0.05, 0.1) is 17.2 Å². The number of hydrogen-bond donors (Lipinski definition) is 2. The first-order valence-corrected chi connectivity index (χ1v) is 11.9. The SMILES string of the molecule is CCOC(=O)N1c2ccccc2[C@@H](O)[C@H](O)C1C#C/C=C\C#CCS(=O)(=O)c1ccccc1. The predicted octanol–water partition coefficient (Wildman–Crippen LogP) is 2.46. The lowest BCUT2D eigenvalue weighted by molar-refractivity contribution is 0.00545. The first-order chi connectivity index (χ1) is 15.9. The molecule has 7 nitrogen and oxygen atoms in total. The summed E-state index contributed by atoms with van der Waals surface area (Å²) < 4.78 is 29.5. The van der Waals surface area contributed by atoms with Gasteiger partial charge < -0.3 is 14.9 Å². The molecule has 0 saturated carbocycles. The molecular weight excluding hydrogens is 442 g/mol. The topological polar surface area (TPSA) is 104 Å². The third-order valence-electron chi connectivity index (χ3n) is 4.85. The van der Waals surface area contributed by atoms with Crippen molar-refractivity contribution in [3.05, 3.63) is 72.3 Å². The van der Waals surface area contributed by atoms with Crippen molar-refractivity contribution in [2.45, 2.75) is 30.1 Å². The van der Waals surface area contributed by atoms with Crippen molar-refractivity contribution in [2.75, 3.05) is 17.3 Å². The van der Waals surface area contributed by atoms with E-state index in [-0.39, 0.29) is 17.3 Å². The van der Waals surface area contributed by atoms with Gasteiger partial charge in [-0.15, -0.1) is 0 Å². The fourth-order valence-electron chi connectivity index (χ4n) is 3.29. The molecule has 1 unspecified atom stereocenters. The quantitative estimate of drug-likeness (QED) is 0.675. The van der Waals surface area contributed by atoms with Gasteiger partial charge in [-0.3, -0.25) is 4.90 Å². The van der Waals surface area contributed by atoms with Gasteiger partial charge in [0.25, 0.3) is 0 Å². The number of rotatable bonds is 3. The van der Waals surface area contributed by atoms with E-state index in [4.69, 9.17) is 4.74 Å². The molecule has 2 aromatic rings. The lowest BCUT2D eigenvalue weighted by Gasteiger charge is -2.39. The van der Waals surface area contributed by atoms with Crippen LogP contribution in [0.2, 0.25) is 0 Å². The highest BCUT2D eigenvalue weighted by Gasteiger charge is 2.42. The smallest absolute Gasteiger partial charge is 0.415 e. The minimum atomic E-state index is -3.50. The number of para-hydroxylation sites is 1.